The fourth-order valence-corrected chi connectivity index (χ4v) is 5.69. The largest absolute Gasteiger partial charge is 0.426 e. The molecule has 0 radical (unpaired) electrons. The number of nitrogens with zero attached hydrogens (tertiary/aromatic N) is 2. The smallest absolute Gasteiger partial charge is 0.316 e. The first kappa shape index (κ1) is 26.5. The molecule has 3 amide bonds. The van der Waals surface area contributed by atoms with Gasteiger partial charge in [-0.2, -0.15) is 0 Å². The SMILES string of the molecule is Cc1ccccc1N1C[C@H](C(=O)Oc2ccc(N3C(=O)c4c(Cl)c(Cl)c(Cl)c(Cl)c4C3=O)c(C)c2)CC1=O. The molecule has 11 heteroatoms. The molecule has 3 aromatic carbocycles. The van der Waals surface area contributed by atoms with Crippen molar-refractivity contribution < 1.29 is 23.9 Å². The summed E-state index contributed by atoms with van der Waals surface area (Å²) in [7, 11) is 0. The zero-order chi connectivity index (χ0) is 27.5. The first-order chi connectivity index (χ1) is 18.0. The van der Waals surface area contributed by atoms with Crippen LogP contribution in [0, 0.1) is 19.8 Å². The number of benzene rings is 3. The van der Waals surface area contributed by atoms with Crippen molar-refractivity contribution in [3.8, 4) is 5.75 Å². The Hall–Kier alpha value is -3.10. The van der Waals surface area contributed by atoms with Crippen LogP contribution < -0.4 is 14.5 Å². The van der Waals surface area contributed by atoms with Crippen molar-refractivity contribution in [1.29, 1.82) is 0 Å². The number of hydrogen-bond donors (Lipinski definition) is 0. The number of esters is 1. The number of aryl methyl sites for hydroxylation is 2. The first-order valence-electron chi connectivity index (χ1n) is 11.4. The van der Waals surface area contributed by atoms with E-state index in [4.69, 9.17) is 51.1 Å². The Morgan fingerprint density at radius 2 is 1.42 bits per heavy atom. The standard InChI is InChI=1S/C27H18Cl4N2O5/c1-12-5-3-4-6-16(12)32-11-14(10-18(32)34)27(37)38-15-7-8-17(13(2)9-15)33-25(35)19-20(26(33)36)22(29)24(31)23(30)21(19)28/h3-9,14H,10-11H2,1-2H3/t14-/m1/s1. The van der Waals surface area contributed by atoms with Gasteiger partial charge in [0.25, 0.3) is 11.8 Å². The van der Waals surface area contributed by atoms with E-state index < -0.39 is 23.7 Å². The molecule has 3 aromatic rings. The van der Waals surface area contributed by atoms with Gasteiger partial charge in [0.2, 0.25) is 5.91 Å². The lowest BCUT2D eigenvalue weighted by Crippen LogP contribution is -2.30. The number of halogens is 4. The molecule has 38 heavy (non-hydrogen) atoms. The van der Waals surface area contributed by atoms with Gasteiger partial charge in [0.05, 0.1) is 42.8 Å². The van der Waals surface area contributed by atoms with Crippen LogP contribution in [0.2, 0.25) is 20.1 Å². The zero-order valence-corrected chi connectivity index (χ0v) is 23.0. The normalized spacial score (nSPS) is 16.9. The van der Waals surface area contributed by atoms with Crippen LogP contribution in [0.3, 0.4) is 0 Å². The number of ether oxygens (including phenoxy) is 1. The van der Waals surface area contributed by atoms with E-state index in [1.165, 1.54) is 18.2 Å². The fraction of sp³-hybridized carbons (Fsp3) is 0.185. The summed E-state index contributed by atoms with van der Waals surface area (Å²) in [4.78, 5) is 54.4. The molecule has 194 valence electrons. The molecule has 5 rings (SSSR count). The molecule has 1 atom stereocenters. The predicted octanol–water partition coefficient (Wildman–Crippen LogP) is 6.68. The number of amides is 3. The van der Waals surface area contributed by atoms with E-state index in [0.717, 1.165) is 16.2 Å². The molecule has 0 unspecified atom stereocenters. The van der Waals surface area contributed by atoms with Crippen molar-refractivity contribution in [2.24, 2.45) is 5.92 Å². The summed E-state index contributed by atoms with van der Waals surface area (Å²) < 4.78 is 5.56. The molecule has 2 heterocycles. The van der Waals surface area contributed by atoms with Gasteiger partial charge in [0.15, 0.2) is 0 Å². The number of imide groups is 1. The van der Waals surface area contributed by atoms with Gasteiger partial charge in [-0.3, -0.25) is 19.2 Å². The molecule has 7 nitrogen and oxygen atoms in total. The fourth-order valence-electron chi connectivity index (χ4n) is 4.67. The van der Waals surface area contributed by atoms with Gasteiger partial charge in [0.1, 0.15) is 5.75 Å². The number of hydrogen-bond acceptors (Lipinski definition) is 5. The summed E-state index contributed by atoms with van der Waals surface area (Å²) in [6, 6.07) is 11.9. The number of rotatable bonds is 4. The lowest BCUT2D eigenvalue weighted by molar-refractivity contribution is -0.139. The van der Waals surface area contributed by atoms with E-state index in [9.17, 15) is 19.2 Å². The Morgan fingerprint density at radius 3 is 2.00 bits per heavy atom. The number of carbonyl (C=O) groups is 4. The highest BCUT2D eigenvalue weighted by molar-refractivity contribution is 6.56. The summed E-state index contributed by atoms with van der Waals surface area (Å²) in [6.45, 7) is 3.76. The van der Waals surface area contributed by atoms with E-state index >= 15 is 0 Å². The maximum absolute atomic E-state index is 13.2. The highest BCUT2D eigenvalue weighted by atomic mass is 35.5. The van der Waals surface area contributed by atoms with Crippen LogP contribution in [0.25, 0.3) is 0 Å². The van der Waals surface area contributed by atoms with E-state index in [-0.39, 0.29) is 61.5 Å². The summed E-state index contributed by atoms with van der Waals surface area (Å²) in [5.41, 5.74) is 2.15. The van der Waals surface area contributed by atoms with Gasteiger partial charge in [-0.15, -0.1) is 0 Å². The summed E-state index contributed by atoms with van der Waals surface area (Å²) >= 11 is 24.6. The molecule has 0 spiro atoms. The minimum Gasteiger partial charge on any atom is -0.426 e. The number of fused-ring (bicyclic) bond motifs is 1. The number of anilines is 2. The monoisotopic (exact) mass is 590 g/mol. The third-order valence-electron chi connectivity index (χ3n) is 6.59. The quantitative estimate of drug-likeness (QED) is 0.111. The van der Waals surface area contributed by atoms with Crippen LogP contribution in [-0.4, -0.2) is 30.2 Å². The Morgan fingerprint density at radius 1 is 0.816 bits per heavy atom. The topological polar surface area (TPSA) is 84.0 Å². The Balaban J connectivity index is 1.36. The molecule has 1 saturated heterocycles. The third-order valence-corrected chi connectivity index (χ3v) is 8.40. The van der Waals surface area contributed by atoms with Gasteiger partial charge in [0, 0.05) is 18.7 Å². The Labute approximate surface area is 237 Å². The second kappa shape index (κ2) is 9.89. The molecular weight excluding hydrogens is 574 g/mol. The van der Waals surface area contributed by atoms with Crippen molar-refractivity contribution in [1.82, 2.24) is 0 Å². The van der Waals surface area contributed by atoms with Gasteiger partial charge >= 0.3 is 5.97 Å². The van der Waals surface area contributed by atoms with Crippen LogP contribution in [0.4, 0.5) is 11.4 Å². The molecule has 0 bridgehead atoms. The molecule has 2 aliphatic heterocycles. The van der Waals surface area contributed by atoms with Crippen molar-refractivity contribution in [2.75, 3.05) is 16.3 Å². The maximum Gasteiger partial charge on any atom is 0.316 e. The lowest BCUT2D eigenvalue weighted by Gasteiger charge is -2.19. The maximum atomic E-state index is 13.2. The van der Waals surface area contributed by atoms with Crippen LogP contribution in [0.1, 0.15) is 38.3 Å². The minimum atomic E-state index is -0.705. The van der Waals surface area contributed by atoms with Gasteiger partial charge in [-0.1, -0.05) is 64.6 Å². The van der Waals surface area contributed by atoms with Crippen LogP contribution >= 0.6 is 46.4 Å². The summed E-state index contributed by atoms with van der Waals surface area (Å²) in [5, 5.41) is -0.562. The zero-order valence-electron chi connectivity index (χ0n) is 20.0. The van der Waals surface area contributed by atoms with E-state index in [1.807, 2.05) is 31.2 Å². The molecular formula is C27H18Cl4N2O5. The molecule has 0 saturated carbocycles. The molecule has 0 N–H and O–H groups in total. The van der Waals surface area contributed by atoms with Crippen molar-refractivity contribution in [2.45, 2.75) is 20.3 Å². The highest BCUT2D eigenvalue weighted by Gasteiger charge is 2.43. The van der Waals surface area contributed by atoms with Gasteiger partial charge < -0.3 is 9.64 Å². The Kier molecular flexibility index (Phi) is 6.90. The van der Waals surface area contributed by atoms with E-state index in [2.05, 4.69) is 0 Å². The molecule has 1 fully saturated rings. The minimum absolute atomic E-state index is 0.0336. The van der Waals surface area contributed by atoms with Gasteiger partial charge in [-0.05, 0) is 49.2 Å². The number of carbonyl (C=O) groups excluding carboxylic acids is 4. The summed E-state index contributed by atoms with van der Waals surface area (Å²) in [5.74, 6) is -2.55. The average Bonchev–Trinajstić information content (AvgIpc) is 3.39. The second-order valence-electron chi connectivity index (χ2n) is 9.01. The molecule has 0 aliphatic carbocycles. The van der Waals surface area contributed by atoms with E-state index in [1.54, 1.807) is 11.8 Å². The predicted molar refractivity (Wildman–Crippen MR) is 146 cm³/mol. The molecule has 2 aliphatic rings. The van der Waals surface area contributed by atoms with Crippen molar-refractivity contribution in [3.63, 3.8) is 0 Å². The molecule has 0 aromatic heterocycles. The van der Waals surface area contributed by atoms with E-state index in [0.29, 0.717) is 5.56 Å². The lowest BCUT2D eigenvalue weighted by atomic mass is 10.1. The summed E-state index contributed by atoms with van der Waals surface area (Å²) in [6.07, 6.45) is 0.0336. The second-order valence-corrected chi connectivity index (χ2v) is 10.5. The van der Waals surface area contributed by atoms with Crippen LogP contribution in [0.5, 0.6) is 5.75 Å². The average molecular weight is 592 g/mol. The van der Waals surface area contributed by atoms with Crippen LogP contribution in [0.15, 0.2) is 42.5 Å². The van der Waals surface area contributed by atoms with Crippen molar-refractivity contribution in [3.05, 3.63) is 84.8 Å². The highest BCUT2D eigenvalue weighted by Crippen LogP contribution is 2.46. The van der Waals surface area contributed by atoms with Crippen molar-refractivity contribution >= 4 is 81.5 Å². The van der Waals surface area contributed by atoms with Crippen LogP contribution in [-0.2, 0) is 9.59 Å². The number of para-hydroxylation sites is 1. The first-order valence-corrected chi connectivity index (χ1v) is 13.0. The Bertz CT molecular complexity index is 1520. The van der Waals surface area contributed by atoms with Gasteiger partial charge in [-0.25, -0.2) is 4.90 Å². The third kappa shape index (κ3) is 4.24.